The van der Waals surface area contributed by atoms with Gasteiger partial charge in [0.05, 0.1) is 4.90 Å². The van der Waals surface area contributed by atoms with Crippen molar-refractivity contribution in [3.8, 4) is 11.5 Å². The lowest BCUT2D eigenvalue weighted by molar-refractivity contribution is -0.117. The lowest BCUT2D eigenvalue weighted by atomic mass is 10.2. The van der Waals surface area contributed by atoms with E-state index in [4.69, 9.17) is 9.47 Å². The lowest BCUT2D eigenvalue weighted by Crippen LogP contribution is -2.34. The predicted octanol–water partition coefficient (Wildman–Crippen LogP) is 1.51. The van der Waals surface area contributed by atoms with Gasteiger partial charge in [-0.05, 0) is 49.2 Å². The standard InChI is InChI=1S/C21H23N3O6S/c25-20(14-3-5-16(6-4-14)24-21(26)15-1-2-15)22-9-10-23-31(27,28)17-7-8-18-19(13-17)30-12-11-29-18/h3-8,13,15,23H,1-2,9-12H2,(H,22,25)(H,24,26). The van der Waals surface area contributed by atoms with Gasteiger partial charge in [-0.2, -0.15) is 0 Å². The van der Waals surface area contributed by atoms with Crippen molar-refractivity contribution in [2.45, 2.75) is 17.7 Å². The second kappa shape index (κ2) is 8.94. The second-order valence-electron chi connectivity index (χ2n) is 7.30. The summed E-state index contributed by atoms with van der Waals surface area (Å²) in [5, 5.41) is 5.47. The zero-order valence-corrected chi connectivity index (χ0v) is 17.5. The predicted molar refractivity (Wildman–Crippen MR) is 113 cm³/mol. The van der Waals surface area contributed by atoms with Crippen LogP contribution in [0.5, 0.6) is 11.5 Å². The van der Waals surface area contributed by atoms with Crippen molar-refractivity contribution in [2.75, 3.05) is 31.6 Å². The Hall–Kier alpha value is -3.11. The second-order valence-corrected chi connectivity index (χ2v) is 9.07. The monoisotopic (exact) mass is 445 g/mol. The third-order valence-corrected chi connectivity index (χ3v) is 6.35. The number of carbonyl (C=O) groups excluding carboxylic acids is 2. The van der Waals surface area contributed by atoms with Gasteiger partial charge in [0.2, 0.25) is 15.9 Å². The van der Waals surface area contributed by atoms with Gasteiger partial charge in [-0.3, -0.25) is 9.59 Å². The van der Waals surface area contributed by atoms with E-state index in [0.29, 0.717) is 36.0 Å². The van der Waals surface area contributed by atoms with Crippen LogP contribution < -0.4 is 24.8 Å². The normalized spacial score (nSPS) is 15.2. The molecule has 2 aromatic rings. The van der Waals surface area contributed by atoms with E-state index in [9.17, 15) is 18.0 Å². The molecule has 1 aliphatic heterocycles. The first-order valence-corrected chi connectivity index (χ1v) is 11.5. The van der Waals surface area contributed by atoms with Crippen LogP contribution >= 0.6 is 0 Å². The Morgan fingerprint density at radius 3 is 2.35 bits per heavy atom. The minimum atomic E-state index is -3.75. The molecular weight excluding hydrogens is 422 g/mol. The van der Waals surface area contributed by atoms with Crippen molar-refractivity contribution in [3.63, 3.8) is 0 Å². The van der Waals surface area contributed by atoms with Gasteiger partial charge in [0.15, 0.2) is 11.5 Å². The van der Waals surface area contributed by atoms with Gasteiger partial charge in [-0.1, -0.05) is 0 Å². The van der Waals surface area contributed by atoms with Crippen LogP contribution in [0.2, 0.25) is 0 Å². The molecule has 4 rings (SSSR count). The molecule has 0 aromatic heterocycles. The quantitative estimate of drug-likeness (QED) is 0.530. The van der Waals surface area contributed by atoms with Crippen LogP contribution in [0.15, 0.2) is 47.4 Å². The molecule has 1 fully saturated rings. The first kappa shape index (κ1) is 21.1. The van der Waals surface area contributed by atoms with E-state index in [1.807, 2.05) is 0 Å². The molecular formula is C21H23N3O6S. The Morgan fingerprint density at radius 1 is 0.935 bits per heavy atom. The number of carbonyl (C=O) groups is 2. The summed E-state index contributed by atoms with van der Waals surface area (Å²) in [6, 6.07) is 11.0. The van der Waals surface area contributed by atoms with Crippen LogP contribution in [-0.2, 0) is 14.8 Å². The van der Waals surface area contributed by atoms with E-state index in [1.165, 1.54) is 12.1 Å². The summed E-state index contributed by atoms with van der Waals surface area (Å²) in [5.74, 6) is 0.671. The molecule has 10 heteroatoms. The molecule has 1 heterocycles. The SMILES string of the molecule is O=C(NCCNS(=O)(=O)c1ccc2c(c1)OCCO2)c1ccc(NC(=O)C2CC2)cc1. The van der Waals surface area contributed by atoms with Crippen molar-refractivity contribution >= 4 is 27.5 Å². The van der Waals surface area contributed by atoms with Gasteiger partial charge in [-0.15, -0.1) is 0 Å². The first-order chi connectivity index (χ1) is 14.9. The number of nitrogens with one attached hydrogen (secondary N) is 3. The smallest absolute Gasteiger partial charge is 0.251 e. The molecule has 2 amide bonds. The highest BCUT2D eigenvalue weighted by Gasteiger charge is 2.29. The molecule has 0 radical (unpaired) electrons. The topological polar surface area (TPSA) is 123 Å². The number of fused-ring (bicyclic) bond motifs is 1. The highest BCUT2D eigenvalue weighted by atomic mass is 32.2. The summed E-state index contributed by atoms with van der Waals surface area (Å²) in [6.07, 6.45) is 1.84. The highest BCUT2D eigenvalue weighted by Crippen LogP contribution is 2.32. The minimum Gasteiger partial charge on any atom is -0.486 e. The Kier molecular flexibility index (Phi) is 6.10. The van der Waals surface area contributed by atoms with Crippen molar-refractivity contribution in [1.29, 1.82) is 0 Å². The number of hydrogen-bond acceptors (Lipinski definition) is 6. The van der Waals surface area contributed by atoms with Crippen LogP contribution in [0.1, 0.15) is 23.2 Å². The fourth-order valence-corrected chi connectivity index (χ4v) is 4.08. The van der Waals surface area contributed by atoms with Gasteiger partial charge < -0.3 is 20.1 Å². The summed E-state index contributed by atoms with van der Waals surface area (Å²) in [5.41, 5.74) is 1.06. The van der Waals surface area contributed by atoms with E-state index >= 15 is 0 Å². The molecule has 2 aliphatic rings. The van der Waals surface area contributed by atoms with Crippen molar-refractivity contribution < 1.29 is 27.5 Å². The fraction of sp³-hybridized carbons (Fsp3) is 0.333. The van der Waals surface area contributed by atoms with Crippen LogP contribution in [0.25, 0.3) is 0 Å². The fourth-order valence-electron chi connectivity index (χ4n) is 3.03. The summed E-state index contributed by atoms with van der Waals surface area (Å²) in [7, 11) is -3.75. The van der Waals surface area contributed by atoms with Crippen LogP contribution in [-0.4, -0.2) is 46.5 Å². The van der Waals surface area contributed by atoms with E-state index < -0.39 is 10.0 Å². The van der Waals surface area contributed by atoms with Gasteiger partial charge in [0.1, 0.15) is 13.2 Å². The third kappa shape index (κ3) is 5.33. The molecule has 9 nitrogen and oxygen atoms in total. The zero-order chi connectivity index (χ0) is 21.8. The lowest BCUT2D eigenvalue weighted by Gasteiger charge is -2.19. The van der Waals surface area contributed by atoms with Crippen LogP contribution in [0.3, 0.4) is 0 Å². The Labute approximate surface area is 180 Å². The molecule has 3 N–H and O–H groups in total. The van der Waals surface area contributed by atoms with Gasteiger partial charge in [0, 0.05) is 36.3 Å². The molecule has 0 spiro atoms. The number of anilines is 1. The molecule has 0 unspecified atom stereocenters. The molecule has 31 heavy (non-hydrogen) atoms. The van der Waals surface area contributed by atoms with Gasteiger partial charge in [0.25, 0.3) is 5.91 Å². The van der Waals surface area contributed by atoms with E-state index in [1.54, 1.807) is 30.3 Å². The molecule has 1 saturated carbocycles. The molecule has 1 aliphatic carbocycles. The summed E-state index contributed by atoms with van der Waals surface area (Å²) >= 11 is 0. The van der Waals surface area contributed by atoms with E-state index in [0.717, 1.165) is 12.8 Å². The third-order valence-electron chi connectivity index (χ3n) is 4.89. The molecule has 0 bridgehead atoms. The summed E-state index contributed by atoms with van der Waals surface area (Å²) < 4.78 is 38.2. The molecule has 0 saturated heterocycles. The number of ether oxygens (including phenoxy) is 2. The van der Waals surface area contributed by atoms with Crippen LogP contribution in [0.4, 0.5) is 5.69 Å². The highest BCUT2D eigenvalue weighted by molar-refractivity contribution is 7.89. The van der Waals surface area contributed by atoms with E-state index in [2.05, 4.69) is 15.4 Å². The minimum absolute atomic E-state index is 0.00232. The average molecular weight is 445 g/mol. The molecule has 164 valence electrons. The number of amides is 2. The number of sulfonamides is 1. The number of hydrogen-bond donors (Lipinski definition) is 3. The largest absolute Gasteiger partial charge is 0.486 e. The Bertz CT molecular complexity index is 1080. The van der Waals surface area contributed by atoms with E-state index in [-0.39, 0.29) is 35.7 Å². The summed E-state index contributed by atoms with van der Waals surface area (Å²) in [6.45, 7) is 0.930. The van der Waals surface area contributed by atoms with Gasteiger partial charge >= 0.3 is 0 Å². The Balaban J connectivity index is 1.25. The molecule has 2 aromatic carbocycles. The van der Waals surface area contributed by atoms with Crippen molar-refractivity contribution in [2.24, 2.45) is 5.92 Å². The van der Waals surface area contributed by atoms with Gasteiger partial charge in [-0.25, -0.2) is 13.1 Å². The maximum Gasteiger partial charge on any atom is 0.251 e. The maximum atomic E-state index is 12.5. The number of rotatable bonds is 8. The van der Waals surface area contributed by atoms with Crippen LogP contribution in [0, 0.1) is 5.92 Å². The van der Waals surface area contributed by atoms with Crippen molar-refractivity contribution in [1.82, 2.24) is 10.0 Å². The summed E-state index contributed by atoms with van der Waals surface area (Å²) in [4.78, 5) is 24.1. The maximum absolute atomic E-state index is 12.5. The average Bonchev–Trinajstić information content (AvgIpc) is 3.62. The molecule has 0 atom stereocenters. The number of benzene rings is 2. The zero-order valence-electron chi connectivity index (χ0n) is 16.7. The Morgan fingerprint density at radius 2 is 1.65 bits per heavy atom. The van der Waals surface area contributed by atoms with Crippen molar-refractivity contribution in [3.05, 3.63) is 48.0 Å². The first-order valence-electron chi connectivity index (χ1n) is 10.0.